The Hall–Kier alpha value is -3.09. The highest BCUT2D eigenvalue weighted by Gasteiger charge is 2.47. The van der Waals surface area contributed by atoms with Gasteiger partial charge in [-0.05, 0) is 0 Å². The molecular weight excluding hydrogens is 348 g/mol. The number of fused-ring (bicyclic) bond motifs is 1. The van der Waals surface area contributed by atoms with Gasteiger partial charge >= 0.3 is 0 Å². The molecular formula is C16H15F2N5O3. The zero-order valence-corrected chi connectivity index (χ0v) is 13.5. The summed E-state index contributed by atoms with van der Waals surface area (Å²) in [6.07, 6.45) is 5.92. The zero-order valence-electron chi connectivity index (χ0n) is 13.5. The van der Waals surface area contributed by atoms with Crippen molar-refractivity contribution < 1.29 is 23.2 Å². The van der Waals surface area contributed by atoms with Gasteiger partial charge in [-0.2, -0.15) is 10.4 Å². The van der Waals surface area contributed by atoms with Crippen molar-refractivity contribution in [2.75, 3.05) is 13.1 Å². The van der Waals surface area contributed by atoms with E-state index < -0.39 is 55.1 Å². The molecule has 0 aromatic carbocycles. The fraction of sp³-hybridized carbons (Fsp3) is 0.438. The first-order valence-electron chi connectivity index (χ1n) is 7.90. The molecule has 3 aliphatic rings. The Morgan fingerprint density at radius 1 is 1.38 bits per heavy atom. The number of allylic oxidation sites excluding steroid dienone is 3. The first-order chi connectivity index (χ1) is 12.3. The van der Waals surface area contributed by atoms with Crippen molar-refractivity contribution in [3.8, 4) is 6.07 Å². The van der Waals surface area contributed by atoms with Crippen LogP contribution in [0.1, 0.15) is 6.42 Å². The van der Waals surface area contributed by atoms with Crippen LogP contribution in [0.15, 0.2) is 29.4 Å². The summed E-state index contributed by atoms with van der Waals surface area (Å²) in [5.41, 5.74) is 2.27. The maximum absolute atomic E-state index is 13.4. The molecule has 0 spiro atoms. The highest BCUT2D eigenvalue weighted by molar-refractivity contribution is 6.41. The van der Waals surface area contributed by atoms with Gasteiger partial charge in [0.2, 0.25) is 11.8 Å². The molecule has 0 bridgehead atoms. The van der Waals surface area contributed by atoms with Crippen LogP contribution in [0.4, 0.5) is 8.78 Å². The summed E-state index contributed by atoms with van der Waals surface area (Å²) in [7, 11) is 0. The number of alkyl halides is 2. The lowest BCUT2D eigenvalue weighted by Crippen LogP contribution is -2.49. The van der Waals surface area contributed by atoms with Crippen LogP contribution in [0.2, 0.25) is 0 Å². The van der Waals surface area contributed by atoms with Crippen molar-refractivity contribution in [1.82, 2.24) is 15.6 Å². The summed E-state index contributed by atoms with van der Waals surface area (Å²) < 4.78 is 26.8. The third kappa shape index (κ3) is 3.33. The van der Waals surface area contributed by atoms with E-state index >= 15 is 0 Å². The molecule has 2 N–H and O–H groups in total. The Kier molecular flexibility index (Phi) is 4.54. The second-order valence-corrected chi connectivity index (χ2v) is 6.20. The zero-order chi connectivity index (χ0) is 18.9. The summed E-state index contributed by atoms with van der Waals surface area (Å²) >= 11 is 0. The van der Waals surface area contributed by atoms with E-state index in [1.807, 2.05) is 0 Å². The molecule has 136 valence electrons. The van der Waals surface area contributed by atoms with E-state index in [9.17, 15) is 23.2 Å². The number of hydrogen-bond acceptors (Lipinski definition) is 5. The van der Waals surface area contributed by atoms with Gasteiger partial charge in [-0.3, -0.25) is 14.4 Å². The third-order valence-corrected chi connectivity index (χ3v) is 4.41. The maximum atomic E-state index is 13.4. The smallest absolute Gasteiger partial charge is 0.268 e. The second kappa shape index (κ2) is 6.67. The van der Waals surface area contributed by atoms with E-state index in [4.69, 9.17) is 5.26 Å². The van der Waals surface area contributed by atoms with Crippen molar-refractivity contribution in [3.05, 3.63) is 24.3 Å². The predicted octanol–water partition coefficient (Wildman–Crippen LogP) is -0.293. The van der Waals surface area contributed by atoms with Gasteiger partial charge in [-0.1, -0.05) is 24.3 Å². The number of hydrogen-bond donors (Lipinski definition) is 2. The Morgan fingerprint density at radius 2 is 2.08 bits per heavy atom. The molecule has 1 aliphatic carbocycles. The van der Waals surface area contributed by atoms with Crippen molar-refractivity contribution >= 4 is 23.4 Å². The van der Waals surface area contributed by atoms with Crippen molar-refractivity contribution in [3.63, 3.8) is 0 Å². The van der Waals surface area contributed by atoms with Crippen LogP contribution in [-0.2, 0) is 14.4 Å². The number of nitrogens with zero attached hydrogens (tertiary/aromatic N) is 3. The van der Waals surface area contributed by atoms with Gasteiger partial charge in [0.1, 0.15) is 11.8 Å². The number of likely N-dealkylation sites (tertiary alicyclic amines) is 1. The normalized spacial score (nSPS) is 28.7. The predicted molar refractivity (Wildman–Crippen MR) is 84.5 cm³/mol. The van der Waals surface area contributed by atoms with Gasteiger partial charge in [-0.25, -0.2) is 14.2 Å². The van der Waals surface area contributed by atoms with Gasteiger partial charge in [0, 0.05) is 12.3 Å². The molecule has 3 amide bonds. The lowest BCUT2D eigenvalue weighted by Gasteiger charge is -2.27. The van der Waals surface area contributed by atoms with Crippen LogP contribution in [0, 0.1) is 23.2 Å². The first-order valence-corrected chi connectivity index (χ1v) is 7.90. The first kappa shape index (κ1) is 17.7. The van der Waals surface area contributed by atoms with E-state index in [1.165, 1.54) is 0 Å². The Morgan fingerprint density at radius 3 is 2.77 bits per heavy atom. The number of nitrogens with one attached hydrogen (secondary N) is 2. The van der Waals surface area contributed by atoms with E-state index in [1.54, 1.807) is 30.4 Å². The fourth-order valence-corrected chi connectivity index (χ4v) is 3.13. The molecule has 0 radical (unpaired) electrons. The van der Waals surface area contributed by atoms with Gasteiger partial charge in [0.05, 0.1) is 25.1 Å². The molecule has 3 atom stereocenters. The number of nitriles is 1. The Balaban J connectivity index is 1.63. The standard InChI is InChI=1S/C16H15F2N5O3/c17-16(18)5-9(6-19)23(8-16)12(24)7-20-15(26)13-10-3-1-2-4-11(10)14(25)22-21-13/h1-4,9-11H,5,7-8H2,(H,20,26)(H,22,25)/t9-,10?,11?/m0/s1. The molecule has 1 saturated heterocycles. The van der Waals surface area contributed by atoms with Gasteiger partial charge in [-0.15, -0.1) is 0 Å². The molecule has 3 rings (SSSR count). The molecule has 26 heavy (non-hydrogen) atoms. The topological polar surface area (TPSA) is 115 Å². The van der Waals surface area contributed by atoms with E-state index in [0.29, 0.717) is 0 Å². The average Bonchev–Trinajstić information content (AvgIpc) is 2.95. The number of carbonyl (C=O) groups is 3. The summed E-state index contributed by atoms with van der Waals surface area (Å²) in [5.74, 6) is -6.07. The van der Waals surface area contributed by atoms with Gasteiger partial charge < -0.3 is 10.2 Å². The molecule has 1 fully saturated rings. The van der Waals surface area contributed by atoms with Crippen LogP contribution < -0.4 is 10.7 Å². The lowest BCUT2D eigenvalue weighted by molar-refractivity contribution is -0.133. The van der Waals surface area contributed by atoms with Crippen LogP contribution >= 0.6 is 0 Å². The molecule has 0 aromatic rings. The minimum atomic E-state index is -3.12. The second-order valence-electron chi connectivity index (χ2n) is 6.20. The maximum Gasteiger partial charge on any atom is 0.268 e. The summed E-state index contributed by atoms with van der Waals surface area (Å²) in [5, 5.41) is 15.0. The Labute approximate surface area is 147 Å². The lowest BCUT2D eigenvalue weighted by atomic mass is 9.83. The van der Waals surface area contributed by atoms with E-state index in [0.717, 1.165) is 4.90 Å². The molecule has 10 heteroatoms. The minimum absolute atomic E-state index is 0.0200. The van der Waals surface area contributed by atoms with E-state index in [2.05, 4.69) is 15.8 Å². The monoisotopic (exact) mass is 363 g/mol. The van der Waals surface area contributed by atoms with Gasteiger partial charge in [0.25, 0.3) is 11.8 Å². The molecule has 2 unspecified atom stereocenters. The summed E-state index contributed by atoms with van der Waals surface area (Å²) in [6, 6.07) is 0.443. The van der Waals surface area contributed by atoms with Crippen molar-refractivity contribution in [2.45, 2.75) is 18.4 Å². The highest BCUT2D eigenvalue weighted by atomic mass is 19.3. The highest BCUT2D eigenvalue weighted by Crippen LogP contribution is 2.31. The van der Waals surface area contributed by atoms with Crippen LogP contribution in [0.3, 0.4) is 0 Å². The SMILES string of the molecule is N#C[C@@H]1CC(F)(F)CN1C(=O)CNC(=O)C1=NNC(=O)C2C=CC=CC12. The quantitative estimate of drug-likeness (QED) is 0.717. The number of hydrazone groups is 1. The third-order valence-electron chi connectivity index (χ3n) is 4.41. The summed E-state index contributed by atoms with van der Waals surface area (Å²) in [6.45, 7) is -1.40. The fourth-order valence-electron chi connectivity index (χ4n) is 3.13. The van der Waals surface area contributed by atoms with Crippen molar-refractivity contribution in [2.24, 2.45) is 16.9 Å². The Bertz CT molecular complexity index is 783. The average molecular weight is 363 g/mol. The molecule has 8 nitrogen and oxygen atoms in total. The van der Waals surface area contributed by atoms with Gasteiger partial charge in [0.15, 0.2) is 0 Å². The molecule has 0 aromatic heterocycles. The van der Waals surface area contributed by atoms with Crippen molar-refractivity contribution in [1.29, 1.82) is 5.26 Å². The molecule has 2 heterocycles. The van der Waals surface area contributed by atoms with Crippen LogP contribution in [0.25, 0.3) is 0 Å². The minimum Gasteiger partial charge on any atom is -0.342 e. The van der Waals surface area contributed by atoms with E-state index in [-0.39, 0.29) is 11.6 Å². The molecule has 0 saturated carbocycles. The largest absolute Gasteiger partial charge is 0.342 e. The molecule has 2 aliphatic heterocycles. The van der Waals surface area contributed by atoms with Crippen LogP contribution in [-0.4, -0.2) is 53.4 Å². The van der Waals surface area contributed by atoms with Crippen LogP contribution in [0.5, 0.6) is 0 Å². The number of halogens is 2. The number of amides is 3. The number of rotatable bonds is 3. The summed E-state index contributed by atoms with van der Waals surface area (Å²) in [4.78, 5) is 37.0. The number of carbonyl (C=O) groups excluding carboxylic acids is 3.